The topological polar surface area (TPSA) is 32.7 Å². The monoisotopic (exact) mass is 243 g/mol. The van der Waals surface area contributed by atoms with Crippen molar-refractivity contribution in [1.82, 2.24) is 4.90 Å². The maximum Gasteiger partial charge on any atom is 0.0589 e. The standard InChI is InChI=1S/C14H29NO2/c1-4-14(16)6-5-9-15(10-11-17-3)12(2)13-7-8-13/h12-14,16H,4-11H2,1-3H3. The van der Waals surface area contributed by atoms with Crippen LogP contribution in [0, 0.1) is 5.92 Å². The predicted octanol–water partition coefficient (Wildman–Crippen LogP) is 2.28. The lowest BCUT2D eigenvalue weighted by molar-refractivity contribution is 0.105. The fourth-order valence-corrected chi connectivity index (χ4v) is 2.34. The first kappa shape index (κ1) is 14.9. The van der Waals surface area contributed by atoms with Crippen molar-refractivity contribution in [3.63, 3.8) is 0 Å². The molecule has 1 rings (SSSR count). The summed E-state index contributed by atoms with van der Waals surface area (Å²) in [6, 6.07) is 0.684. The van der Waals surface area contributed by atoms with E-state index in [1.807, 2.05) is 6.92 Å². The van der Waals surface area contributed by atoms with E-state index in [2.05, 4.69) is 11.8 Å². The fraction of sp³-hybridized carbons (Fsp3) is 1.00. The number of aliphatic hydroxyl groups is 1. The van der Waals surface area contributed by atoms with E-state index in [9.17, 15) is 5.11 Å². The lowest BCUT2D eigenvalue weighted by atomic mass is 10.1. The molecule has 0 aromatic rings. The quantitative estimate of drug-likeness (QED) is 0.639. The third-order valence-corrected chi connectivity index (χ3v) is 3.92. The Morgan fingerprint density at radius 2 is 2.06 bits per heavy atom. The number of rotatable bonds is 10. The second kappa shape index (κ2) is 8.06. The van der Waals surface area contributed by atoms with Crippen LogP contribution in [0.2, 0.25) is 0 Å². The van der Waals surface area contributed by atoms with Gasteiger partial charge in [-0.05, 0) is 51.5 Å². The lowest BCUT2D eigenvalue weighted by Crippen LogP contribution is -2.38. The van der Waals surface area contributed by atoms with E-state index in [4.69, 9.17) is 4.74 Å². The van der Waals surface area contributed by atoms with Crippen molar-refractivity contribution >= 4 is 0 Å². The molecule has 1 N–H and O–H groups in total. The molecule has 1 saturated carbocycles. The molecule has 0 aromatic heterocycles. The molecule has 0 saturated heterocycles. The summed E-state index contributed by atoms with van der Waals surface area (Å²) in [6.45, 7) is 7.31. The van der Waals surface area contributed by atoms with Gasteiger partial charge in [0.05, 0.1) is 12.7 Å². The van der Waals surface area contributed by atoms with Gasteiger partial charge in [0.15, 0.2) is 0 Å². The van der Waals surface area contributed by atoms with Crippen LogP contribution in [-0.4, -0.2) is 49.0 Å². The molecule has 17 heavy (non-hydrogen) atoms. The Morgan fingerprint density at radius 1 is 1.35 bits per heavy atom. The molecule has 0 amide bonds. The maximum atomic E-state index is 9.56. The van der Waals surface area contributed by atoms with Gasteiger partial charge in [-0.2, -0.15) is 0 Å². The molecule has 102 valence electrons. The zero-order valence-electron chi connectivity index (χ0n) is 11.7. The molecular formula is C14H29NO2. The summed E-state index contributed by atoms with van der Waals surface area (Å²) in [5.41, 5.74) is 0. The summed E-state index contributed by atoms with van der Waals surface area (Å²) in [4.78, 5) is 2.53. The molecule has 1 fully saturated rings. The Hall–Kier alpha value is -0.120. The van der Waals surface area contributed by atoms with E-state index in [1.165, 1.54) is 12.8 Å². The highest BCUT2D eigenvalue weighted by Crippen LogP contribution is 2.35. The van der Waals surface area contributed by atoms with Crippen molar-refractivity contribution in [3.8, 4) is 0 Å². The number of hydrogen-bond acceptors (Lipinski definition) is 3. The Bertz CT molecular complexity index is 195. The lowest BCUT2D eigenvalue weighted by Gasteiger charge is -2.29. The molecule has 0 spiro atoms. The summed E-state index contributed by atoms with van der Waals surface area (Å²) in [5, 5.41) is 9.56. The molecule has 1 aliphatic rings. The van der Waals surface area contributed by atoms with Gasteiger partial charge in [0, 0.05) is 19.7 Å². The van der Waals surface area contributed by atoms with Crippen molar-refractivity contribution in [1.29, 1.82) is 0 Å². The minimum atomic E-state index is -0.115. The van der Waals surface area contributed by atoms with Crippen molar-refractivity contribution in [3.05, 3.63) is 0 Å². The normalized spacial score (nSPS) is 19.6. The number of ether oxygens (including phenoxy) is 1. The zero-order chi connectivity index (χ0) is 12.7. The first-order valence-electron chi connectivity index (χ1n) is 7.10. The summed E-state index contributed by atoms with van der Waals surface area (Å²) < 4.78 is 5.18. The van der Waals surface area contributed by atoms with E-state index in [1.54, 1.807) is 7.11 Å². The van der Waals surface area contributed by atoms with Gasteiger partial charge in [-0.15, -0.1) is 0 Å². The molecule has 1 aliphatic carbocycles. The average Bonchev–Trinajstić information content (AvgIpc) is 3.16. The summed E-state index contributed by atoms with van der Waals surface area (Å²) in [6.07, 6.45) is 5.56. The molecule has 0 radical (unpaired) electrons. The van der Waals surface area contributed by atoms with Gasteiger partial charge >= 0.3 is 0 Å². The largest absolute Gasteiger partial charge is 0.393 e. The van der Waals surface area contributed by atoms with E-state index in [0.29, 0.717) is 6.04 Å². The van der Waals surface area contributed by atoms with Gasteiger partial charge in [0.25, 0.3) is 0 Å². The minimum absolute atomic E-state index is 0.115. The molecule has 0 heterocycles. The highest BCUT2D eigenvalue weighted by atomic mass is 16.5. The van der Waals surface area contributed by atoms with E-state index < -0.39 is 0 Å². The van der Waals surface area contributed by atoms with Crippen molar-refractivity contribution in [2.24, 2.45) is 5.92 Å². The maximum absolute atomic E-state index is 9.56. The van der Waals surface area contributed by atoms with E-state index in [-0.39, 0.29) is 6.10 Å². The zero-order valence-corrected chi connectivity index (χ0v) is 11.7. The van der Waals surface area contributed by atoms with Crippen LogP contribution in [0.3, 0.4) is 0 Å². The summed E-state index contributed by atoms with van der Waals surface area (Å²) in [7, 11) is 1.76. The van der Waals surface area contributed by atoms with Crippen LogP contribution in [0.4, 0.5) is 0 Å². The smallest absolute Gasteiger partial charge is 0.0589 e. The Balaban J connectivity index is 2.24. The van der Waals surface area contributed by atoms with Gasteiger partial charge in [0.2, 0.25) is 0 Å². The van der Waals surface area contributed by atoms with Crippen LogP contribution in [0.5, 0.6) is 0 Å². The second-order valence-electron chi connectivity index (χ2n) is 5.31. The first-order chi connectivity index (χ1) is 8.19. The van der Waals surface area contributed by atoms with Crippen molar-refractivity contribution in [2.75, 3.05) is 26.8 Å². The Labute approximate surface area is 106 Å². The Morgan fingerprint density at radius 3 is 2.59 bits per heavy atom. The average molecular weight is 243 g/mol. The van der Waals surface area contributed by atoms with Crippen LogP contribution in [0.15, 0.2) is 0 Å². The SMILES string of the molecule is CCC(O)CCCN(CCOC)C(C)C1CC1. The molecule has 3 nitrogen and oxygen atoms in total. The number of aliphatic hydroxyl groups excluding tert-OH is 1. The van der Waals surface area contributed by atoms with Crippen LogP contribution >= 0.6 is 0 Å². The van der Waals surface area contributed by atoms with Gasteiger partial charge in [-0.3, -0.25) is 4.90 Å². The molecule has 2 atom stereocenters. The van der Waals surface area contributed by atoms with Crippen LogP contribution in [0.25, 0.3) is 0 Å². The molecule has 0 aromatic carbocycles. The molecule has 0 bridgehead atoms. The van der Waals surface area contributed by atoms with Crippen molar-refractivity contribution in [2.45, 2.75) is 58.1 Å². The Kier molecular flexibility index (Phi) is 7.09. The molecule has 2 unspecified atom stereocenters. The van der Waals surface area contributed by atoms with Crippen LogP contribution in [-0.2, 0) is 4.74 Å². The van der Waals surface area contributed by atoms with Gasteiger partial charge in [0.1, 0.15) is 0 Å². The number of hydrogen-bond donors (Lipinski definition) is 1. The fourth-order valence-electron chi connectivity index (χ4n) is 2.34. The van der Waals surface area contributed by atoms with Crippen molar-refractivity contribution < 1.29 is 9.84 Å². The number of nitrogens with zero attached hydrogens (tertiary/aromatic N) is 1. The third kappa shape index (κ3) is 5.84. The summed E-state index contributed by atoms with van der Waals surface area (Å²) in [5.74, 6) is 0.906. The first-order valence-corrected chi connectivity index (χ1v) is 7.10. The molecule has 0 aliphatic heterocycles. The summed E-state index contributed by atoms with van der Waals surface area (Å²) >= 11 is 0. The van der Waals surface area contributed by atoms with Crippen LogP contribution < -0.4 is 0 Å². The highest BCUT2D eigenvalue weighted by Gasteiger charge is 2.31. The molecular weight excluding hydrogens is 214 g/mol. The minimum Gasteiger partial charge on any atom is -0.393 e. The second-order valence-corrected chi connectivity index (χ2v) is 5.31. The van der Waals surface area contributed by atoms with Gasteiger partial charge < -0.3 is 9.84 Å². The van der Waals surface area contributed by atoms with Gasteiger partial charge in [-0.25, -0.2) is 0 Å². The molecule has 3 heteroatoms. The van der Waals surface area contributed by atoms with Gasteiger partial charge in [-0.1, -0.05) is 6.92 Å². The van der Waals surface area contributed by atoms with E-state index in [0.717, 1.165) is 44.9 Å². The highest BCUT2D eigenvalue weighted by molar-refractivity contribution is 4.85. The van der Waals surface area contributed by atoms with Crippen LogP contribution in [0.1, 0.15) is 46.0 Å². The third-order valence-electron chi connectivity index (χ3n) is 3.92. The predicted molar refractivity (Wildman–Crippen MR) is 71.2 cm³/mol. The van der Waals surface area contributed by atoms with E-state index >= 15 is 0 Å². The number of methoxy groups -OCH3 is 1.